The fraction of sp³-hybridized carbons (Fsp3) is 0.333. The van der Waals surface area contributed by atoms with Crippen LogP contribution in [0.25, 0.3) is 0 Å². The Morgan fingerprint density at radius 3 is 2.83 bits per heavy atom. The number of aromatic nitrogens is 2. The number of anilines is 1. The van der Waals surface area contributed by atoms with E-state index >= 15 is 0 Å². The van der Waals surface area contributed by atoms with E-state index in [9.17, 15) is 9.59 Å². The van der Waals surface area contributed by atoms with Crippen molar-refractivity contribution >= 4 is 17.6 Å². The molecule has 0 fully saturated rings. The summed E-state index contributed by atoms with van der Waals surface area (Å²) in [6.45, 7) is 1.58. The minimum absolute atomic E-state index is 0.0662. The molecule has 1 aromatic heterocycles. The number of carbonyl (C=O) groups excluding carboxylic acids is 2. The van der Waals surface area contributed by atoms with Gasteiger partial charge in [-0.25, -0.2) is 0 Å². The van der Waals surface area contributed by atoms with Crippen molar-refractivity contribution in [3.63, 3.8) is 0 Å². The molecular weight excluding hydrogens is 302 g/mol. The van der Waals surface area contributed by atoms with Crippen molar-refractivity contribution in [3.05, 3.63) is 36.0 Å². The molecule has 0 saturated carbocycles. The van der Waals surface area contributed by atoms with Crippen LogP contribution in [0.5, 0.6) is 5.75 Å². The Labute approximate surface area is 132 Å². The molecule has 0 unspecified atom stereocenters. The van der Waals surface area contributed by atoms with E-state index in [1.165, 1.54) is 7.11 Å². The number of carbonyl (C=O) groups is 2. The zero-order valence-corrected chi connectivity index (χ0v) is 12.9. The van der Waals surface area contributed by atoms with Crippen LogP contribution in [0.2, 0.25) is 0 Å². The first-order valence-corrected chi connectivity index (χ1v) is 7.02. The lowest BCUT2D eigenvalue weighted by Crippen LogP contribution is -2.15. The Hall–Kier alpha value is -2.90. The van der Waals surface area contributed by atoms with E-state index in [0.717, 1.165) is 0 Å². The zero-order valence-electron chi connectivity index (χ0n) is 12.9. The number of nitrogens with one attached hydrogen (secondary N) is 1. The second kappa shape index (κ2) is 7.92. The molecule has 0 aliphatic rings. The maximum Gasteiger partial charge on any atom is 0.306 e. The largest absolute Gasteiger partial charge is 0.495 e. The highest BCUT2D eigenvalue weighted by molar-refractivity contribution is 5.93. The fourth-order valence-electron chi connectivity index (χ4n) is 1.75. The van der Waals surface area contributed by atoms with E-state index in [4.69, 9.17) is 14.0 Å². The lowest BCUT2D eigenvalue weighted by Gasteiger charge is -2.08. The first kappa shape index (κ1) is 16.5. The Bertz CT molecular complexity index is 683. The molecule has 0 atom stereocenters. The van der Waals surface area contributed by atoms with Gasteiger partial charge in [0, 0.05) is 6.42 Å². The van der Waals surface area contributed by atoms with Gasteiger partial charge in [-0.05, 0) is 12.1 Å². The summed E-state index contributed by atoms with van der Waals surface area (Å²) >= 11 is 0. The highest BCUT2D eigenvalue weighted by atomic mass is 16.6. The van der Waals surface area contributed by atoms with E-state index in [1.54, 1.807) is 31.2 Å². The van der Waals surface area contributed by atoms with E-state index in [2.05, 4.69) is 15.5 Å². The molecule has 1 amide bonds. The van der Waals surface area contributed by atoms with Gasteiger partial charge in [0.2, 0.25) is 5.91 Å². The summed E-state index contributed by atoms with van der Waals surface area (Å²) < 4.78 is 14.9. The normalized spacial score (nSPS) is 10.2. The van der Waals surface area contributed by atoms with Crippen molar-refractivity contribution in [2.24, 2.45) is 0 Å². The molecule has 8 nitrogen and oxygen atoms in total. The number of para-hydroxylation sites is 2. The Morgan fingerprint density at radius 1 is 1.30 bits per heavy atom. The smallest absolute Gasteiger partial charge is 0.306 e. The zero-order chi connectivity index (χ0) is 16.7. The lowest BCUT2D eigenvalue weighted by atomic mass is 10.2. The van der Waals surface area contributed by atoms with Gasteiger partial charge in [0.25, 0.3) is 5.89 Å². The highest BCUT2D eigenvalue weighted by Gasteiger charge is 2.13. The van der Waals surface area contributed by atoms with Crippen LogP contribution >= 0.6 is 0 Å². The van der Waals surface area contributed by atoms with E-state index in [-0.39, 0.29) is 43.0 Å². The molecule has 1 heterocycles. The van der Waals surface area contributed by atoms with Gasteiger partial charge in [-0.15, -0.1) is 0 Å². The number of ether oxygens (including phenoxy) is 2. The molecule has 0 aliphatic carbocycles. The van der Waals surface area contributed by atoms with Gasteiger partial charge in [-0.2, -0.15) is 4.98 Å². The molecule has 0 spiro atoms. The average Bonchev–Trinajstić information content (AvgIpc) is 3.00. The molecule has 0 saturated heterocycles. The summed E-state index contributed by atoms with van der Waals surface area (Å²) in [5.74, 6) is 0.235. The van der Waals surface area contributed by atoms with Crippen molar-refractivity contribution in [2.45, 2.75) is 26.4 Å². The molecule has 2 aromatic rings. The molecule has 23 heavy (non-hydrogen) atoms. The first-order chi connectivity index (χ1) is 11.1. The minimum atomic E-state index is -0.362. The number of hydrogen-bond acceptors (Lipinski definition) is 7. The van der Waals surface area contributed by atoms with Gasteiger partial charge < -0.3 is 19.3 Å². The van der Waals surface area contributed by atoms with Crippen LogP contribution in [-0.2, 0) is 27.4 Å². The van der Waals surface area contributed by atoms with Crippen molar-refractivity contribution in [1.82, 2.24) is 10.1 Å². The van der Waals surface area contributed by atoms with Crippen molar-refractivity contribution < 1.29 is 23.6 Å². The predicted molar refractivity (Wildman–Crippen MR) is 79.7 cm³/mol. The Kier molecular flexibility index (Phi) is 5.67. The molecule has 2 rings (SSSR count). The van der Waals surface area contributed by atoms with Crippen LogP contribution in [0.1, 0.15) is 25.1 Å². The molecule has 0 aliphatic heterocycles. The summed E-state index contributed by atoms with van der Waals surface area (Å²) in [5.41, 5.74) is 0.556. The SMILES string of the molecule is CCC(=O)OCc1nc(CC(=O)Nc2ccccc2OC)no1. The van der Waals surface area contributed by atoms with Crippen LogP contribution in [0, 0.1) is 0 Å². The van der Waals surface area contributed by atoms with Gasteiger partial charge in [0.1, 0.15) is 5.75 Å². The third-order valence-electron chi connectivity index (χ3n) is 2.86. The molecule has 1 N–H and O–H groups in total. The van der Waals surface area contributed by atoms with Gasteiger partial charge in [-0.3, -0.25) is 9.59 Å². The number of rotatable bonds is 7. The minimum Gasteiger partial charge on any atom is -0.495 e. The van der Waals surface area contributed by atoms with Gasteiger partial charge in [-0.1, -0.05) is 24.2 Å². The van der Waals surface area contributed by atoms with Crippen LogP contribution < -0.4 is 10.1 Å². The Balaban J connectivity index is 1.90. The second-order valence-electron chi connectivity index (χ2n) is 4.54. The fourth-order valence-corrected chi connectivity index (χ4v) is 1.75. The van der Waals surface area contributed by atoms with Gasteiger partial charge >= 0.3 is 5.97 Å². The summed E-state index contributed by atoms with van der Waals surface area (Å²) in [6, 6.07) is 7.05. The monoisotopic (exact) mass is 319 g/mol. The van der Waals surface area contributed by atoms with Crippen molar-refractivity contribution in [1.29, 1.82) is 0 Å². The molecule has 0 bridgehead atoms. The number of amides is 1. The van der Waals surface area contributed by atoms with Crippen LogP contribution in [0.15, 0.2) is 28.8 Å². The summed E-state index contributed by atoms with van der Waals surface area (Å²) in [4.78, 5) is 27.0. The maximum absolute atomic E-state index is 12.0. The molecule has 8 heteroatoms. The number of nitrogens with zero attached hydrogens (tertiary/aromatic N) is 2. The third kappa shape index (κ3) is 4.80. The van der Waals surface area contributed by atoms with Crippen molar-refractivity contribution in [2.75, 3.05) is 12.4 Å². The van der Waals surface area contributed by atoms with Gasteiger partial charge in [0.15, 0.2) is 12.4 Å². The van der Waals surface area contributed by atoms with Crippen LogP contribution in [-0.4, -0.2) is 29.1 Å². The molecule has 0 radical (unpaired) electrons. The maximum atomic E-state index is 12.0. The number of methoxy groups -OCH3 is 1. The van der Waals surface area contributed by atoms with E-state index < -0.39 is 0 Å². The van der Waals surface area contributed by atoms with E-state index in [1.807, 2.05) is 0 Å². The summed E-state index contributed by atoms with van der Waals surface area (Å²) in [5, 5.41) is 6.38. The number of esters is 1. The topological polar surface area (TPSA) is 104 Å². The molecule has 1 aromatic carbocycles. The molecule has 122 valence electrons. The average molecular weight is 319 g/mol. The quantitative estimate of drug-likeness (QED) is 0.775. The third-order valence-corrected chi connectivity index (χ3v) is 2.86. The van der Waals surface area contributed by atoms with Crippen LogP contribution in [0.3, 0.4) is 0 Å². The highest BCUT2D eigenvalue weighted by Crippen LogP contribution is 2.23. The van der Waals surface area contributed by atoms with Crippen LogP contribution in [0.4, 0.5) is 5.69 Å². The van der Waals surface area contributed by atoms with E-state index in [0.29, 0.717) is 11.4 Å². The Morgan fingerprint density at radius 2 is 2.09 bits per heavy atom. The summed E-state index contributed by atoms with van der Waals surface area (Å²) in [7, 11) is 1.52. The standard InChI is InChI=1S/C15H17N3O5/c1-3-15(20)22-9-14-17-12(18-23-14)8-13(19)16-10-6-4-5-7-11(10)21-2/h4-7H,3,8-9H2,1-2H3,(H,16,19). The number of hydrogen-bond donors (Lipinski definition) is 1. The summed E-state index contributed by atoms with van der Waals surface area (Å²) in [6.07, 6.45) is 0.200. The predicted octanol–water partition coefficient (Wildman–Crippen LogP) is 1.71. The number of benzene rings is 1. The molecular formula is C15H17N3O5. The lowest BCUT2D eigenvalue weighted by molar-refractivity contribution is -0.145. The first-order valence-electron chi connectivity index (χ1n) is 7.02. The van der Waals surface area contributed by atoms with Gasteiger partial charge in [0.05, 0.1) is 19.2 Å². The second-order valence-corrected chi connectivity index (χ2v) is 4.54. The van der Waals surface area contributed by atoms with Crippen molar-refractivity contribution in [3.8, 4) is 5.75 Å².